The predicted octanol–water partition coefficient (Wildman–Crippen LogP) is 3.09. The average molecular weight is 250 g/mol. The summed E-state index contributed by atoms with van der Waals surface area (Å²) in [5, 5.41) is 9.23. The Morgan fingerprint density at radius 3 is 2.59 bits per heavy atom. The quantitative estimate of drug-likeness (QED) is 0.839. The van der Waals surface area contributed by atoms with Gasteiger partial charge in [0.2, 0.25) is 8.32 Å². The molecule has 92 valence electrons. The Hall–Kier alpha value is -1.29. The van der Waals surface area contributed by atoms with E-state index in [1.54, 1.807) is 6.07 Å². The van der Waals surface area contributed by atoms with E-state index >= 15 is 0 Å². The van der Waals surface area contributed by atoms with Crippen molar-refractivity contribution in [1.29, 1.82) is 0 Å². The largest absolute Gasteiger partial charge is 0.544 e. The van der Waals surface area contributed by atoms with Crippen molar-refractivity contribution < 1.29 is 14.3 Å². The van der Waals surface area contributed by atoms with Gasteiger partial charge in [-0.15, -0.1) is 0 Å². The molecule has 1 aromatic carbocycles. The molecule has 1 aromatic rings. The number of hydrogen-bond acceptors (Lipinski definition) is 2. The van der Waals surface area contributed by atoms with Crippen LogP contribution in [0.15, 0.2) is 12.1 Å². The molecule has 0 amide bonds. The molecule has 0 saturated carbocycles. The lowest BCUT2D eigenvalue weighted by Crippen LogP contribution is -2.30. The van der Waals surface area contributed by atoms with Crippen LogP contribution in [0, 0.1) is 0 Å². The van der Waals surface area contributed by atoms with Gasteiger partial charge in [0.05, 0.1) is 0 Å². The summed E-state index contributed by atoms with van der Waals surface area (Å²) in [6, 6.07) is 3.62. The molecule has 0 atom stereocenters. The van der Waals surface area contributed by atoms with E-state index in [-0.39, 0.29) is 0 Å². The Morgan fingerprint density at radius 1 is 1.29 bits per heavy atom. The summed E-state index contributed by atoms with van der Waals surface area (Å²) in [5.74, 6) is -0.264. The molecule has 1 N–H and O–H groups in total. The molecule has 0 radical (unpaired) electrons. The predicted molar refractivity (Wildman–Crippen MR) is 69.4 cm³/mol. The summed E-state index contributed by atoms with van der Waals surface area (Å²) in [6.07, 6.45) is 3.08. The van der Waals surface area contributed by atoms with E-state index in [1.165, 1.54) is 5.56 Å². The number of aromatic carboxylic acids is 1. The van der Waals surface area contributed by atoms with Crippen LogP contribution in [0.4, 0.5) is 0 Å². The molecular formula is C13H18O3Si. The fraction of sp³-hybridized carbons (Fsp3) is 0.462. The Labute approximate surface area is 103 Å². The first-order valence-corrected chi connectivity index (χ1v) is 9.36. The second-order valence-electron chi connectivity index (χ2n) is 5.45. The van der Waals surface area contributed by atoms with Crippen LogP contribution in [0.25, 0.3) is 0 Å². The third-order valence-corrected chi connectivity index (χ3v) is 3.69. The van der Waals surface area contributed by atoms with Gasteiger partial charge in [0.1, 0.15) is 11.3 Å². The number of benzene rings is 1. The minimum atomic E-state index is -1.78. The molecular weight excluding hydrogens is 232 g/mol. The number of aryl methyl sites for hydroxylation is 1. The zero-order chi connectivity index (χ0) is 12.6. The van der Waals surface area contributed by atoms with E-state index in [2.05, 4.69) is 19.6 Å². The number of carboxylic acid groups (broad SMARTS) is 1. The third-order valence-electron chi connectivity index (χ3n) is 2.87. The molecule has 3 nitrogen and oxygen atoms in total. The first kappa shape index (κ1) is 12.2. The lowest BCUT2D eigenvalue weighted by molar-refractivity contribution is 0.0694. The minimum absolute atomic E-state index is 0.313. The topological polar surface area (TPSA) is 46.5 Å². The summed E-state index contributed by atoms with van der Waals surface area (Å²) in [7, 11) is -1.78. The van der Waals surface area contributed by atoms with Gasteiger partial charge in [0.25, 0.3) is 0 Å². The van der Waals surface area contributed by atoms with Gasteiger partial charge in [-0.3, -0.25) is 0 Å². The van der Waals surface area contributed by atoms with Crippen molar-refractivity contribution in [2.75, 3.05) is 0 Å². The van der Waals surface area contributed by atoms with Crippen molar-refractivity contribution in [1.82, 2.24) is 0 Å². The van der Waals surface area contributed by atoms with Crippen molar-refractivity contribution in [2.24, 2.45) is 0 Å². The zero-order valence-corrected chi connectivity index (χ0v) is 11.5. The van der Waals surface area contributed by atoms with Crippen molar-refractivity contribution in [3.8, 4) is 5.75 Å². The lowest BCUT2D eigenvalue weighted by atomic mass is 10.0. The fourth-order valence-electron chi connectivity index (χ4n) is 2.22. The van der Waals surface area contributed by atoms with Gasteiger partial charge in [-0.25, -0.2) is 4.79 Å². The molecule has 17 heavy (non-hydrogen) atoms. The lowest BCUT2D eigenvalue weighted by Gasteiger charge is -2.23. The molecule has 0 heterocycles. The Balaban J connectivity index is 2.52. The molecule has 4 heteroatoms. The molecule has 0 spiro atoms. The maximum Gasteiger partial charge on any atom is 0.339 e. The normalized spacial score (nSPS) is 14.5. The highest BCUT2D eigenvalue weighted by Gasteiger charge is 2.26. The highest BCUT2D eigenvalue weighted by molar-refractivity contribution is 6.70. The molecule has 1 aliphatic rings. The van der Waals surface area contributed by atoms with Crippen LogP contribution < -0.4 is 4.43 Å². The zero-order valence-electron chi connectivity index (χ0n) is 10.5. The number of carbonyl (C=O) groups is 1. The summed E-state index contributed by atoms with van der Waals surface area (Å²) in [5.41, 5.74) is 2.68. The van der Waals surface area contributed by atoms with Gasteiger partial charge in [-0.2, -0.15) is 0 Å². The molecule has 0 aromatic heterocycles. The molecule has 0 aliphatic heterocycles. The summed E-state index contributed by atoms with van der Waals surface area (Å²) >= 11 is 0. The molecule has 1 aliphatic carbocycles. The Bertz CT molecular complexity index is 460. The van der Waals surface area contributed by atoms with E-state index < -0.39 is 14.3 Å². The van der Waals surface area contributed by atoms with E-state index in [1.807, 2.05) is 6.07 Å². The van der Waals surface area contributed by atoms with Crippen LogP contribution in [-0.4, -0.2) is 19.4 Å². The summed E-state index contributed by atoms with van der Waals surface area (Å²) < 4.78 is 6.00. The maximum absolute atomic E-state index is 11.2. The van der Waals surface area contributed by atoms with Gasteiger partial charge in [0, 0.05) is 0 Å². The van der Waals surface area contributed by atoms with Gasteiger partial charge in [0.15, 0.2) is 0 Å². The minimum Gasteiger partial charge on any atom is -0.544 e. The average Bonchev–Trinajstić information content (AvgIpc) is 2.63. The van der Waals surface area contributed by atoms with Gasteiger partial charge in [-0.1, -0.05) is 6.07 Å². The van der Waals surface area contributed by atoms with Crippen LogP contribution in [0.3, 0.4) is 0 Å². The van der Waals surface area contributed by atoms with Crippen LogP contribution >= 0.6 is 0 Å². The first-order chi connectivity index (χ1) is 7.88. The smallest absolute Gasteiger partial charge is 0.339 e. The van der Waals surface area contributed by atoms with Gasteiger partial charge >= 0.3 is 5.97 Å². The first-order valence-electron chi connectivity index (χ1n) is 5.95. The monoisotopic (exact) mass is 250 g/mol. The Morgan fingerprint density at radius 2 is 2.00 bits per heavy atom. The van der Waals surface area contributed by atoms with Crippen LogP contribution in [0.2, 0.25) is 19.6 Å². The molecule has 2 rings (SSSR count). The van der Waals surface area contributed by atoms with Crippen molar-refractivity contribution in [2.45, 2.75) is 38.9 Å². The number of hydrogen-bond donors (Lipinski definition) is 1. The standard InChI is InChI=1S/C13H18O3Si/c1-17(2,3)16-12-10-6-4-5-9(10)7-8-11(12)13(14)15/h7-8H,4-6H2,1-3H3,(H,14,15). The van der Waals surface area contributed by atoms with Crippen molar-refractivity contribution in [3.63, 3.8) is 0 Å². The second-order valence-corrected chi connectivity index (χ2v) is 9.88. The van der Waals surface area contributed by atoms with Crippen molar-refractivity contribution >= 4 is 14.3 Å². The van der Waals surface area contributed by atoms with Gasteiger partial charge in [-0.05, 0) is 56.1 Å². The highest BCUT2D eigenvalue weighted by Crippen LogP contribution is 2.35. The summed E-state index contributed by atoms with van der Waals surface area (Å²) in [6.45, 7) is 6.23. The van der Waals surface area contributed by atoms with Crippen LogP contribution in [0.1, 0.15) is 27.9 Å². The number of carboxylic acids is 1. The maximum atomic E-state index is 11.2. The number of fused-ring (bicyclic) bond motifs is 1. The van der Waals surface area contributed by atoms with E-state index in [9.17, 15) is 9.90 Å². The van der Waals surface area contributed by atoms with E-state index in [0.717, 1.165) is 24.8 Å². The molecule has 0 unspecified atom stereocenters. The van der Waals surface area contributed by atoms with Crippen molar-refractivity contribution in [3.05, 3.63) is 28.8 Å². The third kappa shape index (κ3) is 2.52. The molecule has 0 saturated heterocycles. The second kappa shape index (κ2) is 4.18. The fourth-order valence-corrected chi connectivity index (χ4v) is 3.07. The van der Waals surface area contributed by atoms with Crippen LogP contribution in [-0.2, 0) is 12.8 Å². The number of rotatable bonds is 3. The van der Waals surface area contributed by atoms with E-state index in [4.69, 9.17) is 4.43 Å². The highest BCUT2D eigenvalue weighted by atomic mass is 28.4. The van der Waals surface area contributed by atoms with Crippen LogP contribution in [0.5, 0.6) is 5.75 Å². The molecule has 0 bridgehead atoms. The SMILES string of the molecule is C[Si](C)(C)Oc1c(C(=O)O)ccc2c1CCC2. The summed E-state index contributed by atoms with van der Waals surface area (Å²) in [4.78, 5) is 11.2. The van der Waals surface area contributed by atoms with E-state index in [0.29, 0.717) is 11.3 Å². The Kier molecular flexibility index (Phi) is 2.99. The van der Waals surface area contributed by atoms with Gasteiger partial charge < -0.3 is 9.53 Å². The molecule has 0 fully saturated rings.